The number of aromatic nitrogens is 1. The first-order chi connectivity index (χ1) is 7.65. The third-order valence-corrected chi connectivity index (χ3v) is 3.61. The highest BCUT2D eigenvalue weighted by Crippen LogP contribution is 2.20. The van der Waals surface area contributed by atoms with Crippen molar-refractivity contribution in [2.24, 2.45) is 0 Å². The van der Waals surface area contributed by atoms with E-state index in [0.29, 0.717) is 10.7 Å². The van der Waals surface area contributed by atoms with Crippen LogP contribution in [0.5, 0.6) is 0 Å². The van der Waals surface area contributed by atoms with Crippen LogP contribution in [-0.2, 0) is 0 Å². The molecule has 0 aromatic carbocycles. The van der Waals surface area contributed by atoms with E-state index in [0.717, 1.165) is 10.2 Å². The monoisotopic (exact) mass is 296 g/mol. The number of carbonyl (C=O) groups excluding carboxylic acids is 1. The summed E-state index contributed by atoms with van der Waals surface area (Å²) in [6.07, 6.45) is 0. The summed E-state index contributed by atoms with van der Waals surface area (Å²) in [4.78, 5) is 16.6. The Hall–Kier alpha value is -1.20. The maximum Gasteiger partial charge on any atom is 0.266 e. The highest BCUT2D eigenvalue weighted by molar-refractivity contribution is 9.10. The Morgan fingerprint density at radius 3 is 2.94 bits per heavy atom. The van der Waals surface area contributed by atoms with E-state index in [4.69, 9.17) is 0 Å². The number of anilines is 1. The van der Waals surface area contributed by atoms with Crippen LogP contribution in [0, 0.1) is 6.92 Å². The van der Waals surface area contributed by atoms with Crippen molar-refractivity contribution in [3.63, 3.8) is 0 Å². The van der Waals surface area contributed by atoms with Gasteiger partial charge in [0.15, 0.2) is 0 Å². The number of amides is 1. The van der Waals surface area contributed by atoms with Crippen molar-refractivity contribution >= 4 is 39.0 Å². The van der Waals surface area contributed by atoms with Gasteiger partial charge in [0.2, 0.25) is 0 Å². The van der Waals surface area contributed by atoms with Crippen LogP contribution in [0.3, 0.4) is 0 Å². The Balaban J connectivity index is 2.13. The Morgan fingerprint density at radius 2 is 2.31 bits per heavy atom. The number of pyridine rings is 1. The van der Waals surface area contributed by atoms with E-state index in [2.05, 4.69) is 26.2 Å². The van der Waals surface area contributed by atoms with Crippen molar-refractivity contribution in [1.29, 1.82) is 0 Å². The lowest BCUT2D eigenvalue weighted by atomic mass is 10.3. The van der Waals surface area contributed by atoms with E-state index >= 15 is 0 Å². The van der Waals surface area contributed by atoms with Crippen LogP contribution in [-0.4, -0.2) is 10.9 Å². The van der Waals surface area contributed by atoms with Crippen molar-refractivity contribution < 1.29 is 4.79 Å². The van der Waals surface area contributed by atoms with Gasteiger partial charge in [-0.15, -0.1) is 11.3 Å². The van der Waals surface area contributed by atoms with Gasteiger partial charge in [-0.3, -0.25) is 4.79 Å². The molecular weight excluding hydrogens is 288 g/mol. The van der Waals surface area contributed by atoms with Gasteiger partial charge < -0.3 is 5.32 Å². The molecule has 0 saturated carbocycles. The van der Waals surface area contributed by atoms with Gasteiger partial charge >= 0.3 is 0 Å². The minimum absolute atomic E-state index is 0.131. The van der Waals surface area contributed by atoms with Crippen LogP contribution in [0.4, 0.5) is 5.82 Å². The molecule has 3 nitrogen and oxygen atoms in total. The quantitative estimate of drug-likeness (QED) is 0.922. The van der Waals surface area contributed by atoms with Gasteiger partial charge in [-0.25, -0.2) is 4.98 Å². The van der Waals surface area contributed by atoms with Gasteiger partial charge in [0.25, 0.3) is 5.91 Å². The molecule has 0 fully saturated rings. The molecule has 2 aromatic heterocycles. The molecule has 0 unspecified atom stereocenters. The van der Waals surface area contributed by atoms with E-state index in [9.17, 15) is 4.79 Å². The molecule has 2 heterocycles. The summed E-state index contributed by atoms with van der Waals surface area (Å²) < 4.78 is 0.917. The average Bonchev–Trinajstić information content (AvgIpc) is 2.65. The second-order valence-corrected chi connectivity index (χ2v) is 5.07. The third kappa shape index (κ3) is 2.68. The van der Waals surface area contributed by atoms with E-state index in [1.807, 2.05) is 24.4 Å². The predicted octanol–water partition coefficient (Wildman–Crippen LogP) is 3.47. The smallest absolute Gasteiger partial charge is 0.266 e. The van der Waals surface area contributed by atoms with Crippen LogP contribution in [0.1, 0.15) is 15.4 Å². The molecular formula is C11H9BrN2OS. The van der Waals surface area contributed by atoms with Gasteiger partial charge in [-0.1, -0.05) is 6.07 Å². The first kappa shape index (κ1) is 11.3. The van der Waals surface area contributed by atoms with E-state index in [1.54, 1.807) is 12.1 Å². The molecule has 82 valence electrons. The zero-order chi connectivity index (χ0) is 11.5. The van der Waals surface area contributed by atoms with Gasteiger partial charge in [0, 0.05) is 15.5 Å². The highest BCUT2D eigenvalue weighted by Gasteiger charge is 2.08. The average molecular weight is 297 g/mol. The number of hydrogen-bond acceptors (Lipinski definition) is 3. The fourth-order valence-electron chi connectivity index (χ4n) is 1.22. The van der Waals surface area contributed by atoms with E-state index in [-0.39, 0.29) is 5.91 Å². The molecule has 16 heavy (non-hydrogen) atoms. The van der Waals surface area contributed by atoms with Crippen LogP contribution in [0.15, 0.2) is 34.1 Å². The molecule has 0 spiro atoms. The molecule has 2 aromatic rings. The van der Waals surface area contributed by atoms with Crippen LogP contribution < -0.4 is 5.32 Å². The number of carbonyl (C=O) groups is 1. The van der Waals surface area contributed by atoms with Crippen LogP contribution in [0.2, 0.25) is 0 Å². The minimum Gasteiger partial charge on any atom is -0.306 e. The van der Waals surface area contributed by atoms with Crippen LogP contribution >= 0.6 is 27.3 Å². The summed E-state index contributed by atoms with van der Waals surface area (Å²) in [7, 11) is 0. The number of thiophene rings is 1. The first-order valence-corrected chi connectivity index (χ1v) is 6.31. The fourth-order valence-corrected chi connectivity index (χ4v) is 2.54. The highest BCUT2D eigenvalue weighted by atomic mass is 79.9. The van der Waals surface area contributed by atoms with Crippen molar-refractivity contribution in [3.05, 3.63) is 44.7 Å². The Bertz CT molecular complexity index is 524. The zero-order valence-corrected chi connectivity index (χ0v) is 10.9. The van der Waals surface area contributed by atoms with Gasteiger partial charge in [-0.2, -0.15) is 0 Å². The first-order valence-electron chi connectivity index (χ1n) is 4.64. The largest absolute Gasteiger partial charge is 0.306 e. The molecule has 0 aliphatic heterocycles. The molecule has 0 bridgehead atoms. The van der Waals surface area contributed by atoms with Crippen LogP contribution in [0.25, 0.3) is 0 Å². The summed E-state index contributed by atoms with van der Waals surface area (Å²) >= 11 is 4.71. The molecule has 1 N–H and O–H groups in total. The predicted molar refractivity (Wildman–Crippen MR) is 68.9 cm³/mol. The zero-order valence-electron chi connectivity index (χ0n) is 8.53. The third-order valence-electron chi connectivity index (χ3n) is 1.92. The summed E-state index contributed by atoms with van der Waals surface area (Å²) in [6.45, 7) is 1.89. The van der Waals surface area contributed by atoms with Crippen molar-refractivity contribution in [3.8, 4) is 0 Å². The maximum absolute atomic E-state index is 11.8. The molecule has 1 amide bonds. The number of halogens is 1. The fraction of sp³-hybridized carbons (Fsp3) is 0.0909. The minimum atomic E-state index is -0.131. The number of aryl methyl sites for hydroxylation is 1. The molecule has 0 radical (unpaired) electrons. The number of nitrogens with zero attached hydrogens (tertiary/aromatic N) is 1. The van der Waals surface area contributed by atoms with Crippen molar-refractivity contribution in [2.45, 2.75) is 6.92 Å². The lowest BCUT2D eigenvalue weighted by Crippen LogP contribution is -2.11. The number of hydrogen-bond donors (Lipinski definition) is 1. The summed E-state index contributed by atoms with van der Waals surface area (Å²) in [6, 6.07) is 7.31. The SMILES string of the molecule is Cc1cccc(NC(=O)c2cc(Br)cs2)n1. The topological polar surface area (TPSA) is 42.0 Å². The summed E-state index contributed by atoms with van der Waals surface area (Å²) in [5, 5.41) is 4.63. The molecule has 5 heteroatoms. The summed E-state index contributed by atoms with van der Waals surface area (Å²) in [5.41, 5.74) is 0.880. The molecule has 0 atom stereocenters. The second kappa shape index (κ2) is 4.76. The van der Waals surface area contributed by atoms with Gasteiger partial charge in [0.1, 0.15) is 5.82 Å². The molecule has 2 rings (SSSR count). The lowest BCUT2D eigenvalue weighted by molar-refractivity contribution is 0.103. The van der Waals surface area contributed by atoms with Crippen molar-refractivity contribution in [1.82, 2.24) is 4.98 Å². The molecule has 0 aliphatic carbocycles. The standard InChI is InChI=1S/C11H9BrN2OS/c1-7-3-2-4-10(13-7)14-11(15)9-5-8(12)6-16-9/h2-6H,1H3,(H,13,14,15). The Morgan fingerprint density at radius 1 is 1.50 bits per heavy atom. The molecule has 0 aliphatic rings. The second-order valence-electron chi connectivity index (χ2n) is 3.25. The lowest BCUT2D eigenvalue weighted by Gasteiger charge is -2.02. The Kier molecular flexibility index (Phi) is 3.36. The summed E-state index contributed by atoms with van der Waals surface area (Å²) in [5.74, 6) is 0.448. The van der Waals surface area contributed by atoms with Gasteiger partial charge in [-0.05, 0) is 41.1 Å². The maximum atomic E-state index is 11.8. The van der Waals surface area contributed by atoms with E-state index in [1.165, 1.54) is 11.3 Å². The number of rotatable bonds is 2. The Labute approximate surface area is 106 Å². The van der Waals surface area contributed by atoms with E-state index < -0.39 is 0 Å². The molecule has 0 saturated heterocycles. The van der Waals surface area contributed by atoms with Crippen molar-refractivity contribution in [2.75, 3.05) is 5.32 Å². The van der Waals surface area contributed by atoms with Gasteiger partial charge in [0.05, 0.1) is 4.88 Å². The normalized spacial score (nSPS) is 10.1. The number of nitrogens with one attached hydrogen (secondary N) is 1.